The molecule has 0 amide bonds. The lowest BCUT2D eigenvalue weighted by Gasteiger charge is -2.37. The number of fused-ring (bicyclic) bond motifs is 3. The van der Waals surface area contributed by atoms with Crippen molar-refractivity contribution in [2.75, 3.05) is 5.73 Å². The first-order valence-electron chi connectivity index (χ1n) is 10.8. The standard InChI is InChI=1S/C25H22N6O2/c1-25(2)10-17(32)20-18(11-25)33-24-21(19(20)15-4-3-9-27-12-15)23-29-22(30-31(23)13-28-24)14-5-7-16(26)8-6-14/h3-9,12-13,19H,10-11,26H2,1-2H3. The number of hydrogen-bond acceptors (Lipinski definition) is 7. The van der Waals surface area contributed by atoms with Crippen LogP contribution in [0.3, 0.4) is 0 Å². The van der Waals surface area contributed by atoms with Crippen molar-refractivity contribution in [3.63, 3.8) is 0 Å². The van der Waals surface area contributed by atoms with E-state index in [1.807, 2.05) is 36.4 Å². The van der Waals surface area contributed by atoms with Gasteiger partial charge in [-0.3, -0.25) is 9.78 Å². The summed E-state index contributed by atoms with van der Waals surface area (Å²) in [5.41, 5.74) is 10.1. The van der Waals surface area contributed by atoms with E-state index >= 15 is 0 Å². The molecule has 6 rings (SSSR count). The third-order valence-electron chi connectivity index (χ3n) is 6.25. The van der Waals surface area contributed by atoms with Crippen LogP contribution in [0, 0.1) is 5.41 Å². The van der Waals surface area contributed by atoms with E-state index in [4.69, 9.17) is 15.5 Å². The predicted octanol–water partition coefficient (Wildman–Crippen LogP) is 3.94. The van der Waals surface area contributed by atoms with Crippen molar-refractivity contribution in [1.82, 2.24) is 24.6 Å². The van der Waals surface area contributed by atoms with E-state index in [1.54, 1.807) is 23.2 Å². The van der Waals surface area contributed by atoms with Gasteiger partial charge in [0.05, 0.1) is 11.5 Å². The van der Waals surface area contributed by atoms with Gasteiger partial charge in [0.15, 0.2) is 17.3 Å². The summed E-state index contributed by atoms with van der Waals surface area (Å²) >= 11 is 0. The second-order valence-electron chi connectivity index (χ2n) is 9.39. The van der Waals surface area contributed by atoms with Gasteiger partial charge in [0.25, 0.3) is 0 Å². The van der Waals surface area contributed by atoms with Gasteiger partial charge in [-0.1, -0.05) is 19.9 Å². The fraction of sp³-hybridized carbons (Fsp3) is 0.240. The van der Waals surface area contributed by atoms with Crippen molar-refractivity contribution in [1.29, 1.82) is 0 Å². The molecule has 1 aliphatic heterocycles. The zero-order valence-corrected chi connectivity index (χ0v) is 18.3. The van der Waals surface area contributed by atoms with Crippen LogP contribution in [0.5, 0.6) is 5.88 Å². The number of benzene rings is 1. The number of ether oxygens (including phenoxy) is 1. The average Bonchev–Trinajstić information content (AvgIpc) is 3.22. The largest absolute Gasteiger partial charge is 0.442 e. The van der Waals surface area contributed by atoms with Gasteiger partial charge >= 0.3 is 0 Å². The normalized spacial score (nSPS) is 19.2. The zero-order chi connectivity index (χ0) is 22.7. The molecule has 1 atom stereocenters. The molecule has 2 aliphatic rings. The number of anilines is 1. The first kappa shape index (κ1) is 19.6. The van der Waals surface area contributed by atoms with Gasteiger partial charge in [-0.15, -0.1) is 5.10 Å². The van der Waals surface area contributed by atoms with Crippen LogP contribution in [0.4, 0.5) is 5.69 Å². The summed E-state index contributed by atoms with van der Waals surface area (Å²) in [4.78, 5) is 27.1. The zero-order valence-electron chi connectivity index (χ0n) is 18.3. The molecule has 3 aromatic heterocycles. The number of nitrogens with two attached hydrogens (primary N) is 1. The number of Topliss-reactive ketones (excluding diaryl/α,β-unsaturated/α-hetero) is 1. The molecular formula is C25H22N6O2. The maximum atomic E-state index is 13.4. The molecule has 0 saturated carbocycles. The Morgan fingerprint density at radius 3 is 2.73 bits per heavy atom. The molecule has 0 spiro atoms. The second-order valence-corrected chi connectivity index (χ2v) is 9.39. The summed E-state index contributed by atoms with van der Waals surface area (Å²) in [5, 5.41) is 4.63. The number of allylic oxidation sites excluding steroid dienone is 2. The fourth-order valence-electron chi connectivity index (χ4n) is 4.78. The molecule has 33 heavy (non-hydrogen) atoms. The van der Waals surface area contributed by atoms with Crippen molar-refractivity contribution < 1.29 is 9.53 Å². The Balaban J connectivity index is 1.59. The third-order valence-corrected chi connectivity index (χ3v) is 6.25. The highest BCUT2D eigenvalue weighted by Gasteiger charge is 2.44. The molecule has 0 bridgehead atoms. The van der Waals surface area contributed by atoms with Gasteiger partial charge in [-0.2, -0.15) is 0 Å². The molecule has 0 fully saturated rings. The molecule has 4 heterocycles. The van der Waals surface area contributed by atoms with E-state index in [1.165, 1.54) is 0 Å². The van der Waals surface area contributed by atoms with Crippen LogP contribution in [0.2, 0.25) is 0 Å². The smallest absolute Gasteiger partial charge is 0.228 e. The maximum Gasteiger partial charge on any atom is 0.228 e. The van der Waals surface area contributed by atoms with E-state index in [0.717, 1.165) is 16.7 Å². The van der Waals surface area contributed by atoms with E-state index in [2.05, 4.69) is 28.9 Å². The predicted molar refractivity (Wildman–Crippen MR) is 122 cm³/mol. The molecule has 8 heteroatoms. The van der Waals surface area contributed by atoms with E-state index < -0.39 is 0 Å². The van der Waals surface area contributed by atoms with E-state index in [0.29, 0.717) is 47.2 Å². The molecule has 1 unspecified atom stereocenters. The number of nitrogens with zero attached hydrogens (tertiary/aromatic N) is 5. The first-order chi connectivity index (χ1) is 15.9. The summed E-state index contributed by atoms with van der Waals surface area (Å²) in [7, 11) is 0. The lowest BCUT2D eigenvalue weighted by molar-refractivity contribution is -0.118. The topological polar surface area (TPSA) is 108 Å². The fourth-order valence-corrected chi connectivity index (χ4v) is 4.78. The van der Waals surface area contributed by atoms with Crippen LogP contribution in [0.15, 0.2) is 66.5 Å². The Morgan fingerprint density at radius 2 is 1.97 bits per heavy atom. The van der Waals surface area contributed by atoms with Crippen LogP contribution in [-0.2, 0) is 4.79 Å². The summed E-state index contributed by atoms with van der Waals surface area (Å²) in [5.74, 6) is 1.40. The van der Waals surface area contributed by atoms with E-state index in [-0.39, 0.29) is 17.1 Å². The lowest BCUT2D eigenvalue weighted by atomic mass is 9.70. The summed E-state index contributed by atoms with van der Waals surface area (Å²) in [6.45, 7) is 4.17. The summed E-state index contributed by atoms with van der Waals surface area (Å²) < 4.78 is 7.90. The number of hydrogen-bond donors (Lipinski definition) is 1. The van der Waals surface area contributed by atoms with Gasteiger partial charge in [0.1, 0.15) is 12.1 Å². The van der Waals surface area contributed by atoms with Crippen LogP contribution >= 0.6 is 0 Å². The van der Waals surface area contributed by atoms with Crippen molar-refractivity contribution in [2.24, 2.45) is 5.41 Å². The maximum absolute atomic E-state index is 13.4. The minimum Gasteiger partial charge on any atom is -0.442 e. The minimum absolute atomic E-state index is 0.0843. The molecule has 0 saturated heterocycles. The minimum atomic E-state index is -0.374. The number of carbonyl (C=O) groups is 1. The highest BCUT2D eigenvalue weighted by molar-refractivity contribution is 6.00. The Bertz CT molecular complexity index is 1440. The highest BCUT2D eigenvalue weighted by Crippen LogP contribution is 2.50. The number of nitrogen functional groups attached to an aromatic ring is 1. The van der Waals surface area contributed by atoms with Gasteiger partial charge < -0.3 is 10.5 Å². The Labute approximate surface area is 190 Å². The third kappa shape index (κ3) is 3.17. The number of rotatable bonds is 2. The quantitative estimate of drug-likeness (QED) is 0.472. The summed E-state index contributed by atoms with van der Waals surface area (Å²) in [6, 6.07) is 11.2. The van der Waals surface area contributed by atoms with Gasteiger partial charge in [0, 0.05) is 42.1 Å². The monoisotopic (exact) mass is 438 g/mol. The first-order valence-corrected chi connectivity index (χ1v) is 10.8. The number of aromatic nitrogens is 5. The lowest BCUT2D eigenvalue weighted by Crippen LogP contribution is -2.33. The van der Waals surface area contributed by atoms with Crippen LogP contribution < -0.4 is 10.5 Å². The second kappa shape index (κ2) is 6.96. The molecule has 1 aromatic carbocycles. The van der Waals surface area contributed by atoms with Crippen LogP contribution in [-0.4, -0.2) is 30.3 Å². The van der Waals surface area contributed by atoms with Crippen LogP contribution in [0.25, 0.3) is 17.0 Å². The molecule has 4 aromatic rings. The average molecular weight is 438 g/mol. The SMILES string of the molecule is CC1(C)CC(=O)C2=C(C1)Oc1ncn3nc(-c4ccc(N)cc4)nc3c1C2c1cccnc1. The number of pyridine rings is 1. The van der Waals surface area contributed by atoms with Crippen molar-refractivity contribution in [2.45, 2.75) is 32.6 Å². The van der Waals surface area contributed by atoms with E-state index in [9.17, 15) is 4.79 Å². The van der Waals surface area contributed by atoms with Gasteiger partial charge in [0.2, 0.25) is 5.88 Å². The number of ketones is 1. The van der Waals surface area contributed by atoms with Crippen molar-refractivity contribution in [3.05, 3.63) is 77.6 Å². The molecule has 8 nitrogen and oxygen atoms in total. The van der Waals surface area contributed by atoms with Gasteiger partial charge in [-0.05, 0) is 41.3 Å². The van der Waals surface area contributed by atoms with Gasteiger partial charge in [-0.25, -0.2) is 14.5 Å². The van der Waals surface area contributed by atoms with Crippen LogP contribution in [0.1, 0.15) is 43.7 Å². The highest BCUT2D eigenvalue weighted by atomic mass is 16.5. The molecular weight excluding hydrogens is 416 g/mol. The molecule has 2 N–H and O–H groups in total. The number of carbonyl (C=O) groups excluding carboxylic acids is 1. The Hall–Kier alpha value is -4.07. The Morgan fingerprint density at radius 1 is 1.15 bits per heavy atom. The Kier molecular flexibility index (Phi) is 4.14. The molecule has 164 valence electrons. The van der Waals surface area contributed by atoms with Crippen molar-refractivity contribution >= 4 is 17.1 Å². The van der Waals surface area contributed by atoms with Crippen molar-refractivity contribution in [3.8, 4) is 17.3 Å². The summed E-state index contributed by atoms with van der Waals surface area (Å²) in [6.07, 6.45) is 6.24. The molecule has 1 aliphatic carbocycles. The molecule has 0 radical (unpaired) electrons.